The Bertz CT molecular complexity index is 1190. The topological polar surface area (TPSA) is 98.0 Å². The number of ether oxygens (including phenoxy) is 2. The van der Waals surface area contributed by atoms with E-state index in [2.05, 4.69) is 10.1 Å². The van der Waals surface area contributed by atoms with Gasteiger partial charge in [-0.25, -0.2) is 23.4 Å². The number of carbonyl (C=O) groups is 2. The number of benzene rings is 1. The summed E-state index contributed by atoms with van der Waals surface area (Å²) in [5.74, 6) is -1.91. The summed E-state index contributed by atoms with van der Waals surface area (Å²) in [5, 5.41) is 3.80. The Morgan fingerprint density at radius 2 is 1.91 bits per heavy atom. The van der Waals surface area contributed by atoms with Crippen LogP contribution in [0.5, 0.6) is 0 Å². The lowest BCUT2D eigenvalue weighted by Crippen LogP contribution is -2.26. The lowest BCUT2D eigenvalue weighted by Gasteiger charge is -2.16. The predicted molar refractivity (Wildman–Crippen MR) is 111 cm³/mol. The molecule has 2 fully saturated rings. The summed E-state index contributed by atoms with van der Waals surface area (Å²) in [6.45, 7) is 0.729. The number of nitrogens with zero attached hydrogens (tertiary/aromatic N) is 4. The van der Waals surface area contributed by atoms with Crippen molar-refractivity contribution in [2.24, 2.45) is 0 Å². The smallest absolute Gasteiger partial charge is 0.415 e. The summed E-state index contributed by atoms with van der Waals surface area (Å²) in [7, 11) is 0. The van der Waals surface area contributed by atoms with E-state index >= 15 is 0 Å². The van der Waals surface area contributed by atoms with Crippen molar-refractivity contribution >= 4 is 23.7 Å². The maximum absolute atomic E-state index is 14.9. The number of amides is 2. The third-order valence-electron chi connectivity index (χ3n) is 5.54. The molecule has 9 nitrogen and oxygen atoms in total. The van der Waals surface area contributed by atoms with Crippen molar-refractivity contribution < 1.29 is 32.4 Å². The SMILES string of the molecule is O=C1OCCN1c1ccc(-c2ccc(N3C[C@H](CCc4ccon4)OC3=O)c(F)c2F)cn1. The molecule has 2 aromatic heterocycles. The zero-order chi connectivity index (χ0) is 22.9. The highest BCUT2D eigenvalue weighted by atomic mass is 19.2. The molecule has 170 valence electrons. The van der Waals surface area contributed by atoms with Crippen molar-refractivity contribution in [3.8, 4) is 11.1 Å². The van der Waals surface area contributed by atoms with Gasteiger partial charge in [0.15, 0.2) is 11.6 Å². The van der Waals surface area contributed by atoms with Crippen molar-refractivity contribution in [2.45, 2.75) is 18.9 Å². The van der Waals surface area contributed by atoms with Crippen LogP contribution in [0.15, 0.2) is 47.3 Å². The zero-order valence-corrected chi connectivity index (χ0v) is 17.2. The van der Waals surface area contributed by atoms with Gasteiger partial charge in [-0.2, -0.15) is 0 Å². The van der Waals surface area contributed by atoms with Gasteiger partial charge in [0.05, 0.1) is 24.5 Å². The average molecular weight is 456 g/mol. The molecule has 2 amide bonds. The van der Waals surface area contributed by atoms with E-state index in [1.807, 2.05) is 0 Å². The van der Waals surface area contributed by atoms with Crippen LogP contribution in [0.4, 0.5) is 29.9 Å². The van der Waals surface area contributed by atoms with Crippen LogP contribution in [0, 0.1) is 11.6 Å². The molecule has 0 bridgehead atoms. The van der Waals surface area contributed by atoms with E-state index in [0.29, 0.717) is 36.5 Å². The highest BCUT2D eigenvalue weighted by Crippen LogP contribution is 2.33. The molecule has 2 aliphatic rings. The van der Waals surface area contributed by atoms with E-state index in [0.717, 1.165) is 4.90 Å². The second-order valence-corrected chi connectivity index (χ2v) is 7.58. The van der Waals surface area contributed by atoms with Gasteiger partial charge in [0, 0.05) is 23.4 Å². The Balaban J connectivity index is 1.32. The molecule has 0 radical (unpaired) electrons. The highest BCUT2D eigenvalue weighted by Gasteiger charge is 2.35. The first-order valence-electron chi connectivity index (χ1n) is 10.3. The fourth-order valence-electron chi connectivity index (χ4n) is 3.82. The molecule has 11 heteroatoms. The average Bonchev–Trinajstić information content (AvgIpc) is 3.56. The number of aryl methyl sites for hydroxylation is 1. The Morgan fingerprint density at radius 3 is 2.61 bits per heavy atom. The molecule has 33 heavy (non-hydrogen) atoms. The van der Waals surface area contributed by atoms with Crippen molar-refractivity contribution in [1.29, 1.82) is 0 Å². The number of halogens is 2. The molecule has 1 atom stereocenters. The molecule has 0 unspecified atom stereocenters. The number of rotatable bonds is 6. The first-order chi connectivity index (χ1) is 16.0. The van der Waals surface area contributed by atoms with Gasteiger partial charge < -0.3 is 14.0 Å². The monoisotopic (exact) mass is 456 g/mol. The van der Waals surface area contributed by atoms with Crippen molar-refractivity contribution in [1.82, 2.24) is 10.1 Å². The molecule has 0 saturated carbocycles. The standard InChI is InChI=1S/C22H18F2N4O5/c23-19-16(13-1-6-18(25-11-13)27-8-10-31-21(27)29)4-5-17(20(19)24)28-12-15(33-22(28)30)3-2-14-7-9-32-26-14/h1,4-7,9,11,15H,2-3,8,10,12H2/t15-/m0/s1. The summed E-state index contributed by atoms with van der Waals surface area (Å²) < 4.78 is 44.8. The van der Waals surface area contributed by atoms with Crippen LogP contribution in [0.1, 0.15) is 12.1 Å². The minimum Gasteiger partial charge on any atom is -0.447 e. The van der Waals surface area contributed by atoms with Crippen molar-refractivity contribution in [3.05, 3.63) is 60.1 Å². The molecular formula is C22H18F2N4O5. The summed E-state index contributed by atoms with van der Waals surface area (Å²) >= 11 is 0. The number of hydrogen-bond donors (Lipinski definition) is 0. The number of anilines is 2. The molecule has 2 aliphatic heterocycles. The summed E-state index contributed by atoms with van der Waals surface area (Å²) in [6, 6.07) is 7.49. The fraction of sp³-hybridized carbons (Fsp3) is 0.273. The van der Waals surface area contributed by atoms with Gasteiger partial charge in [0.2, 0.25) is 0 Å². The Kier molecular flexibility index (Phi) is 5.37. The molecule has 4 heterocycles. The van der Waals surface area contributed by atoms with Crippen LogP contribution in [-0.4, -0.2) is 48.1 Å². The van der Waals surface area contributed by atoms with Gasteiger partial charge in [0.1, 0.15) is 24.8 Å². The third kappa shape index (κ3) is 3.97. The Morgan fingerprint density at radius 1 is 1.03 bits per heavy atom. The fourth-order valence-corrected chi connectivity index (χ4v) is 3.82. The van der Waals surface area contributed by atoms with Gasteiger partial charge in [-0.05, 0) is 37.1 Å². The van der Waals surface area contributed by atoms with Gasteiger partial charge in [-0.15, -0.1) is 0 Å². The quantitative estimate of drug-likeness (QED) is 0.554. The zero-order valence-electron chi connectivity index (χ0n) is 17.2. The van der Waals surface area contributed by atoms with E-state index in [-0.39, 0.29) is 24.4 Å². The second-order valence-electron chi connectivity index (χ2n) is 7.58. The largest absolute Gasteiger partial charge is 0.447 e. The summed E-state index contributed by atoms with van der Waals surface area (Å²) in [4.78, 5) is 30.5. The maximum Gasteiger partial charge on any atom is 0.415 e. The summed E-state index contributed by atoms with van der Waals surface area (Å²) in [5.41, 5.74) is 0.820. The third-order valence-corrected chi connectivity index (χ3v) is 5.54. The molecule has 0 N–H and O–H groups in total. The molecule has 0 spiro atoms. The molecule has 5 rings (SSSR count). The van der Waals surface area contributed by atoms with Gasteiger partial charge >= 0.3 is 12.2 Å². The molecule has 2 saturated heterocycles. The predicted octanol–water partition coefficient (Wildman–Crippen LogP) is 3.93. The van der Waals surface area contributed by atoms with E-state index in [1.54, 1.807) is 6.07 Å². The summed E-state index contributed by atoms with van der Waals surface area (Å²) in [6.07, 6.45) is 2.07. The van der Waals surface area contributed by atoms with Crippen LogP contribution in [0.2, 0.25) is 0 Å². The van der Waals surface area contributed by atoms with E-state index in [1.165, 1.54) is 41.6 Å². The lowest BCUT2D eigenvalue weighted by atomic mass is 10.1. The molecular weight excluding hydrogens is 438 g/mol. The lowest BCUT2D eigenvalue weighted by molar-refractivity contribution is 0.136. The van der Waals surface area contributed by atoms with E-state index in [9.17, 15) is 18.4 Å². The van der Waals surface area contributed by atoms with Gasteiger partial charge in [0.25, 0.3) is 0 Å². The normalized spacial score (nSPS) is 18.1. The van der Waals surface area contributed by atoms with Gasteiger partial charge in [-0.3, -0.25) is 9.80 Å². The maximum atomic E-state index is 14.9. The number of hydrogen-bond acceptors (Lipinski definition) is 7. The van der Waals surface area contributed by atoms with Crippen LogP contribution in [-0.2, 0) is 15.9 Å². The molecule has 3 aromatic rings. The second kappa shape index (κ2) is 8.49. The van der Waals surface area contributed by atoms with E-state index in [4.69, 9.17) is 14.0 Å². The van der Waals surface area contributed by atoms with Gasteiger partial charge in [-0.1, -0.05) is 5.16 Å². The van der Waals surface area contributed by atoms with Crippen LogP contribution in [0.3, 0.4) is 0 Å². The highest BCUT2D eigenvalue weighted by molar-refractivity contribution is 5.90. The first kappa shape index (κ1) is 20.9. The number of carbonyl (C=O) groups excluding carboxylic acids is 2. The van der Waals surface area contributed by atoms with Crippen LogP contribution < -0.4 is 9.80 Å². The number of cyclic esters (lactones) is 2. The Labute approximate surface area is 186 Å². The van der Waals surface area contributed by atoms with Crippen molar-refractivity contribution in [3.63, 3.8) is 0 Å². The molecule has 0 aliphatic carbocycles. The molecule has 1 aromatic carbocycles. The van der Waals surface area contributed by atoms with Crippen molar-refractivity contribution in [2.75, 3.05) is 29.5 Å². The van der Waals surface area contributed by atoms with E-state index < -0.39 is 29.9 Å². The first-order valence-corrected chi connectivity index (χ1v) is 10.3. The Hall–Kier alpha value is -4.02. The number of pyridine rings is 1. The minimum absolute atomic E-state index is 0.0190. The minimum atomic E-state index is -1.16. The number of aromatic nitrogens is 2. The van der Waals surface area contributed by atoms with Crippen LogP contribution in [0.25, 0.3) is 11.1 Å². The van der Waals surface area contributed by atoms with Crippen LogP contribution >= 0.6 is 0 Å².